The lowest BCUT2D eigenvalue weighted by atomic mass is 9.87. The molecule has 32 heavy (non-hydrogen) atoms. The summed E-state index contributed by atoms with van der Waals surface area (Å²) in [7, 11) is 1.62. The molecule has 0 unspecified atom stereocenters. The molecule has 3 aromatic carbocycles. The Morgan fingerprint density at radius 1 is 1.00 bits per heavy atom. The van der Waals surface area contributed by atoms with Gasteiger partial charge in [0.1, 0.15) is 17.0 Å². The van der Waals surface area contributed by atoms with Crippen LogP contribution >= 0.6 is 0 Å². The standard InChI is InChI=1S/C26H26N2O4/c1-26(2,3)18-8-11-20(12-9-18)31-16-24(29)27-19-10-13-23-22(15-19)28-25(32-23)17-6-5-7-21(14-17)30-4/h5-15H,16H2,1-4H3,(H,27,29). The first-order valence-corrected chi connectivity index (χ1v) is 10.4. The lowest BCUT2D eigenvalue weighted by molar-refractivity contribution is -0.118. The Kier molecular flexibility index (Phi) is 5.86. The topological polar surface area (TPSA) is 73.6 Å². The fourth-order valence-electron chi connectivity index (χ4n) is 3.28. The largest absolute Gasteiger partial charge is 0.497 e. The number of carbonyl (C=O) groups is 1. The van der Waals surface area contributed by atoms with Crippen molar-refractivity contribution in [3.63, 3.8) is 0 Å². The van der Waals surface area contributed by atoms with E-state index in [1.54, 1.807) is 25.3 Å². The molecule has 6 heteroatoms. The molecule has 0 atom stereocenters. The van der Waals surface area contributed by atoms with Crippen molar-refractivity contribution in [1.82, 2.24) is 4.98 Å². The van der Waals surface area contributed by atoms with Crippen LogP contribution in [0.15, 0.2) is 71.1 Å². The van der Waals surface area contributed by atoms with E-state index in [0.717, 1.165) is 11.3 Å². The molecule has 1 heterocycles. The molecule has 4 rings (SSSR count). The Hall–Kier alpha value is -3.80. The van der Waals surface area contributed by atoms with Crippen molar-refractivity contribution in [2.75, 3.05) is 19.0 Å². The first-order valence-electron chi connectivity index (χ1n) is 10.4. The highest BCUT2D eigenvalue weighted by molar-refractivity contribution is 5.94. The van der Waals surface area contributed by atoms with Crippen molar-refractivity contribution in [3.8, 4) is 23.0 Å². The van der Waals surface area contributed by atoms with Gasteiger partial charge in [0.25, 0.3) is 5.91 Å². The van der Waals surface area contributed by atoms with E-state index in [4.69, 9.17) is 13.9 Å². The summed E-state index contributed by atoms with van der Waals surface area (Å²) >= 11 is 0. The molecule has 6 nitrogen and oxygen atoms in total. The summed E-state index contributed by atoms with van der Waals surface area (Å²) in [6, 6.07) is 20.7. The van der Waals surface area contributed by atoms with Crippen LogP contribution in [0.3, 0.4) is 0 Å². The van der Waals surface area contributed by atoms with Crippen molar-refractivity contribution in [2.24, 2.45) is 0 Å². The van der Waals surface area contributed by atoms with Crippen LogP contribution in [0.25, 0.3) is 22.6 Å². The van der Waals surface area contributed by atoms with Gasteiger partial charge in [0, 0.05) is 11.3 Å². The summed E-state index contributed by atoms with van der Waals surface area (Å²) in [6.07, 6.45) is 0. The average molecular weight is 431 g/mol. The number of carbonyl (C=O) groups excluding carboxylic acids is 1. The molecule has 0 fully saturated rings. The minimum Gasteiger partial charge on any atom is -0.497 e. The molecule has 164 valence electrons. The highest BCUT2D eigenvalue weighted by Gasteiger charge is 2.14. The first-order chi connectivity index (χ1) is 15.3. The number of methoxy groups -OCH3 is 1. The molecular weight excluding hydrogens is 404 g/mol. The monoisotopic (exact) mass is 430 g/mol. The first kappa shape index (κ1) is 21.4. The number of aromatic nitrogens is 1. The lowest BCUT2D eigenvalue weighted by Gasteiger charge is -2.19. The van der Waals surface area contributed by atoms with E-state index in [0.29, 0.717) is 28.4 Å². The Bertz CT molecular complexity index is 1240. The van der Waals surface area contributed by atoms with Crippen LogP contribution in [0, 0.1) is 0 Å². The summed E-state index contributed by atoms with van der Waals surface area (Å²) in [6.45, 7) is 6.38. The molecule has 0 saturated carbocycles. The lowest BCUT2D eigenvalue weighted by Crippen LogP contribution is -2.20. The number of ether oxygens (including phenoxy) is 2. The van der Waals surface area contributed by atoms with Crippen LogP contribution in [-0.2, 0) is 10.2 Å². The van der Waals surface area contributed by atoms with Gasteiger partial charge in [0.2, 0.25) is 5.89 Å². The van der Waals surface area contributed by atoms with E-state index >= 15 is 0 Å². The predicted molar refractivity (Wildman–Crippen MR) is 125 cm³/mol. The van der Waals surface area contributed by atoms with Crippen LogP contribution in [-0.4, -0.2) is 24.6 Å². The van der Waals surface area contributed by atoms with E-state index in [1.165, 1.54) is 5.56 Å². The van der Waals surface area contributed by atoms with E-state index in [1.807, 2.05) is 48.5 Å². The number of nitrogens with one attached hydrogen (secondary N) is 1. The second-order valence-electron chi connectivity index (χ2n) is 8.54. The highest BCUT2D eigenvalue weighted by Crippen LogP contribution is 2.28. The molecule has 0 radical (unpaired) electrons. The van der Waals surface area contributed by atoms with Gasteiger partial charge in [0.05, 0.1) is 7.11 Å². The molecule has 1 aromatic heterocycles. The summed E-state index contributed by atoms with van der Waals surface area (Å²) < 4.78 is 16.7. The van der Waals surface area contributed by atoms with Crippen LogP contribution in [0.1, 0.15) is 26.3 Å². The Labute approximate surface area is 187 Å². The van der Waals surface area contributed by atoms with Crippen LogP contribution in [0.2, 0.25) is 0 Å². The molecule has 0 aliphatic carbocycles. The van der Waals surface area contributed by atoms with E-state index in [2.05, 4.69) is 31.1 Å². The van der Waals surface area contributed by atoms with Crippen LogP contribution in [0.5, 0.6) is 11.5 Å². The van der Waals surface area contributed by atoms with E-state index in [-0.39, 0.29) is 17.9 Å². The van der Waals surface area contributed by atoms with Crippen molar-refractivity contribution in [1.29, 1.82) is 0 Å². The Morgan fingerprint density at radius 3 is 2.50 bits per heavy atom. The van der Waals surface area contributed by atoms with Gasteiger partial charge in [-0.05, 0) is 59.5 Å². The summed E-state index contributed by atoms with van der Waals surface area (Å²) in [5.41, 5.74) is 4.01. The van der Waals surface area contributed by atoms with Gasteiger partial charge in [-0.3, -0.25) is 4.79 Å². The Balaban J connectivity index is 1.41. The molecule has 0 aliphatic heterocycles. The third-order valence-electron chi connectivity index (χ3n) is 5.08. The minimum absolute atomic E-state index is 0.0715. The molecule has 0 saturated heterocycles. The molecule has 4 aromatic rings. The number of anilines is 1. The number of amides is 1. The fourth-order valence-corrected chi connectivity index (χ4v) is 3.28. The van der Waals surface area contributed by atoms with Gasteiger partial charge in [-0.25, -0.2) is 4.98 Å². The van der Waals surface area contributed by atoms with Gasteiger partial charge in [-0.15, -0.1) is 0 Å². The number of fused-ring (bicyclic) bond motifs is 1. The predicted octanol–water partition coefficient (Wildman–Crippen LogP) is 5.82. The third-order valence-corrected chi connectivity index (χ3v) is 5.08. The van der Waals surface area contributed by atoms with Crippen molar-refractivity contribution in [3.05, 3.63) is 72.3 Å². The zero-order chi connectivity index (χ0) is 22.7. The van der Waals surface area contributed by atoms with Gasteiger partial charge < -0.3 is 19.2 Å². The summed E-state index contributed by atoms with van der Waals surface area (Å²) in [5, 5.41) is 2.84. The van der Waals surface area contributed by atoms with Crippen LogP contribution < -0.4 is 14.8 Å². The molecule has 1 N–H and O–H groups in total. The molecule has 0 aliphatic rings. The van der Waals surface area contributed by atoms with Crippen molar-refractivity contribution in [2.45, 2.75) is 26.2 Å². The normalized spacial score (nSPS) is 11.4. The summed E-state index contributed by atoms with van der Waals surface area (Å²) in [5.74, 6) is 1.62. The molecule has 0 bridgehead atoms. The average Bonchev–Trinajstić information content (AvgIpc) is 3.21. The maximum absolute atomic E-state index is 12.4. The fraction of sp³-hybridized carbons (Fsp3) is 0.231. The number of benzene rings is 3. The number of nitrogens with zero attached hydrogens (tertiary/aromatic N) is 1. The second-order valence-corrected chi connectivity index (χ2v) is 8.54. The third kappa shape index (κ3) is 4.91. The SMILES string of the molecule is COc1cccc(-c2nc3cc(NC(=O)COc4ccc(C(C)(C)C)cc4)ccc3o2)c1. The molecular formula is C26H26N2O4. The van der Waals surface area contributed by atoms with E-state index in [9.17, 15) is 4.79 Å². The minimum atomic E-state index is -0.249. The number of rotatable bonds is 6. The smallest absolute Gasteiger partial charge is 0.262 e. The second kappa shape index (κ2) is 8.75. The number of oxazole rings is 1. The quantitative estimate of drug-likeness (QED) is 0.417. The maximum atomic E-state index is 12.4. The number of hydrogen-bond acceptors (Lipinski definition) is 5. The number of hydrogen-bond donors (Lipinski definition) is 1. The molecule has 0 spiro atoms. The maximum Gasteiger partial charge on any atom is 0.262 e. The van der Waals surface area contributed by atoms with Gasteiger partial charge in [-0.2, -0.15) is 0 Å². The van der Waals surface area contributed by atoms with Crippen molar-refractivity contribution < 1.29 is 18.7 Å². The zero-order valence-corrected chi connectivity index (χ0v) is 18.6. The Morgan fingerprint density at radius 2 is 1.78 bits per heavy atom. The van der Waals surface area contributed by atoms with Gasteiger partial charge in [0.15, 0.2) is 12.2 Å². The summed E-state index contributed by atoms with van der Waals surface area (Å²) in [4.78, 5) is 16.9. The van der Waals surface area contributed by atoms with Gasteiger partial charge in [-0.1, -0.05) is 39.0 Å². The van der Waals surface area contributed by atoms with E-state index < -0.39 is 0 Å². The molecule has 1 amide bonds. The highest BCUT2D eigenvalue weighted by atomic mass is 16.5. The van der Waals surface area contributed by atoms with Gasteiger partial charge >= 0.3 is 0 Å². The zero-order valence-electron chi connectivity index (χ0n) is 18.6. The van der Waals surface area contributed by atoms with Crippen LogP contribution in [0.4, 0.5) is 5.69 Å². The van der Waals surface area contributed by atoms with Crippen molar-refractivity contribution >= 4 is 22.7 Å².